The smallest absolute Gasteiger partial charge is 0.204 e. The monoisotopic (exact) mass is 207 g/mol. The molecule has 3 heteroatoms. The maximum absolute atomic E-state index is 11.6. The number of ketones is 1. The summed E-state index contributed by atoms with van der Waals surface area (Å²) in [7, 11) is 0. The quantitative estimate of drug-likeness (QED) is 0.550. The number of aromatic nitrogens is 1. The van der Waals surface area contributed by atoms with E-state index in [1.807, 2.05) is 5.38 Å². The molecule has 0 atom stereocenters. The molecule has 0 N–H and O–H groups in total. The molecule has 74 valence electrons. The molecular formula is C11H13NOS. The predicted octanol–water partition coefficient (Wildman–Crippen LogP) is 3.22. The Kier molecular flexibility index (Phi) is 3.09. The Morgan fingerprint density at radius 3 is 2.79 bits per heavy atom. The molecule has 14 heavy (non-hydrogen) atoms. The molecule has 0 aliphatic heterocycles. The van der Waals surface area contributed by atoms with Crippen LogP contribution in [0.5, 0.6) is 0 Å². The zero-order valence-corrected chi connectivity index (χ0v) is 8.85. The Labute approximate surface area is 87.7 Å². The molecule has 1 aliphatic carbocycles. The fraction of sp³-hybridized carbons (Fsp3) is 0.455. The first-order chi connectivity index (χ1) is 6.86. The molecule has 0 aromatic carbocycles. The van der Waals surface area contributed by atoms with Gasteiger partial charge >= 0.3 is 0 Å². The summed E-state index contributed by atoms with van der Waals surface area (Å²) in [5.74, 6) is 0.0724. The highest BCUT2D eigenvalue weighted by Crippen LogP contribution is 2.23. The van der Waals surface area contributed by atoms with Crippen LogP contribution in [0.2, 0.25) is 0 Å². The van der Waals surface area contributed by atoms with E-state index in [4.69, 9.17) is 0 Å². The summed E-state index contributed by atoms with van der Waals surface area (Å²) >= 11 is 1.47. The van der Waals surface area contributed by atoms with Crippen LogP contribution in [-0.2, 0) is 0 Å². The molecule has 0 bridgehead atoms. The number of nitrogens with zero attached hydrogens (tertiary/aromatic N) is 1. The minimum atomic E-state index is 0.0724. The molecule has 1 aromatic rings. The van der Waals surface area contributed by atoms with Gasteiger partial charge in [-0.3, -0.25) is 4.79 Å². The first-order valence-corrected chi connectivity index (χ1v) is 5.92. The third-order valence-corrected chi connectivity index (χ3v) is 3.10. The average molecular weight is 207 g/mol. The largest absolute Gasteiger partial charge is 0.288 e. The van der Waals surface area contributed by atoms with Crippen molar-refractivity contribution in [3.05, 3.63) is 28.2 Å². The molecule has 0 spiro atoms. The molecular weight excluding hydrogens is 194 g/mol. The van der Waals surface area contributed by atoms with Crippen LogP contribution in [0.15, 0.2) is 22.5 Å². The number of thiazole rings is 1. The first-order valence-electron chi connectivity index (χ1n) is 4.98. The van der Waals surface area contributed by atoms with E-state index in [1.165, 1.54) is 36.2 Å². The summed E-state index contributed by atoms with van der Waals surface area (Å²) in [6.45, 7) is 0. The molecule has 2 nitrogen and oxygen atoms in total. The van der Waals surface area contributed by atoms with Gasteiger partial charge in [0.25, 0.3) is 0 Å². The van der Waals surface area contributed by atoms with Crippen molar-refractivity contribution in [2.24, 2.45) is 0 Å². The third-order valence-electron chi connectivity index (χ3n) is 2.52. The molecule has 0 amide bonds. The predicted molar refractivity (Wildman–Crippen MR) is 57.6 cm³/mol. The second kappa shape index (κ2) is 4.51. The van der Waals surface area contributed by atoms with Gasteiger partial charge in [0.1, 0.15) is 5.69 Å². The van der Waals surface area contributed by atoms with E-state index in [9.17, 15) is 4.79 Å². The summed E-state index contributed by atoms with van der Waals surface area (Å²) in [6, 6.07) is 0. The van der Waals surface area contributed by atoms with Gasteiger partial charge in [-0.05, 0) is 31.8 Å². The summed E-state index contributed by atoms with van der Waals surface area (Å²) in [5, 5.41) is 1.81. The Hall–Kier alpha value is -0.960. The highest BCUT2D eigenvalue weighted by molar-refractivity contribution is 7.07. The maximum Gasteiger partial charge on any atom is 0.204 e. The Morgan fingerprint density at radius 1 is 1.36 bits per heavy atom. The number of carbonyl (C=O) groups excluding carboxylic acids is 1. The highest BCUT2D eigenvalue weighted by Gasteiger charge is 2.09. The molecule has 1 heterocycles. The van der Waals surface area contributed by atoms with Crippen molar-refractivity contribution in [1.82, 2.24) is 4.98 Å². The van der Waals surface area contributed by atoms with Gasteiger partial charge in [-0.15, -0.1) is 11.3 Å². The summed E-state index contributed by atoms with van der Waals surface area (Å²) in [6.07, 6.45) is 7.74. The molecule has 2 rings (SSSR count). The van der Waals surface area contributed by atoms with E-state index in [0.29, 0.717) is 5.69 Å². The van der Waals surface area contributed by atoms with Gasteiger partial charge in [0.05, 0.1) is 5.51 Å². The van der Waals surface area contributed by atoms with E-state index in [0.717, 1.165) is 12.8 Å². The minimum absolute atomic E-state index is 0.0724. The molecule has 0 radical (unpaired) electrons. The van der Waals surface area contributed by atoms with Crippen LogP contribution in [0, 0.1) is 0 Å². The van der Waals surface area contributed by atoms with Gasteiger partial charge in [-0.2, -0.15) is 0 Å². The van der Waals surface area contributed by atoms with Crippen LogP contribution in [0.1, 0.15) is 42.6 Å². The molecule has 1 fully saturated rings. The van der Waals surface area contributed by atoms with Crippen molar-refractivity contribution >= 4 is 17.1 Å². The number of allylic oxidation sites excluding steroid dienone is 2. The van der Waals surface area contributed by atoms with E-state index >= 15 is 0 Å². The SMILES string of the molecule is O=C(C=C1CCCCC1)c1cscn1. The van der Waals surface area contributed by atoms with E-state index in [-0.39, 0.29) is 5.78 Å². The zero-order chi connectivity index (χ0) is 9.80. The summed E-state index contributed by atoms with van der Waals surface area (Å²) < 4.78 is 0. The van der Waals surface area contributed by atoms with E-state index < -0.39 is 0 Å². The fourth-order valence-electron chi connectivity index (χ4n) is 1.74. The fourth-order valence-corrected chi connectivity index (χ4v) is 2.28. The lowest BCUT2D eigenvalue weighted by molar-refractivity contribution is 0.104. The lowest BCUT2D eigenvalue weighted by atomic mass is 9.94. The van der Waals surface area contributed by atoms with Crippen molar-refractivity contribution in [1.29, 1.82) is 0 Å². The number of hydrogen-bond acceptors (Lipinski definition) is 3. The molecule has 1 aromatic heterocycles. The van der Waals surface area contributed by atoms with Crippen LogP contribution in [0.25, 0.3) is 0 Å². The van der Waals surface area contributed by atoms with Gasteiger partial charge < -0.3 is 0 Å². The Morgan fingerprint density at radius 2 is 2.14 bits per heavy atom. The van der Waals surface area contributed by atoms with Crippen LogP contribution in [0.4, 0.5) is 0 Å². The highest BCUT2D eigenvalue weighted by atomic mass is 32.1. The minimum Gasteiger partial charge on any atom is -0.288 e. The number of rotatable bonds is 2. The molecule has 1 aliphatic rings. The van der Waals surface area contributed by atoms with Crippen molar-refractivity contribution in [2.45, 2.75) is 32.1 Å². The van der Waals surface area contributed by atoms with Crippen molar-refractivity contribution in [3.8, 4) is 0 Å². The summed E-state index contributed by atoms with van der Waals surface area (Å²) in [5.41, 5.74) is 3.59. The Bertz CT molecular complexity index is 332. The van der Waals surface area contributed by atoms with Crippen LogP contribution < -0.4 is 0 Å². The third kappa shape index (κ3) is 2.29. The lowest BCUT2D eigenvalue weighted by Crippen LogP contribution is -2.00. The van der Waals surface area contributed by atoms with Gasteiger partial charge in [0.15, 0.2) is 0 Å². The average Bonchev–Trinajstić information content (AvgIpc) is 2.72. The van der Waals surface area contributed by atoms with Gasteiger partial charge in [-0.25, -0.2) is 4.98 Å². The van der Waals surface area contributed by atoms with Gasteiger partial charge in [0.2, 0.25) is 5.78 Å². The molecule has 1 saturated carbocycles. The van der Waals surface area contributed by atoms with Crippen LogP contribution in [0.3, 0.4) is 0 Å². The second-order valence-electron chi connectivity index (χ2n) is 3.60. The van der Waals surface area contributed by atoms with Crippen LogP contribution in [-0.4, -0.2) is 10.8 Å². The van der Waals surface area contributed by atoms with Crippen molar-refractivity contribution in [3.63, 3.8) is 0 Å². The van der Waals surface area contributed by atoms with E-state index in [2.05, 4.69) is 4.98 Å². The van der Waals surface area contributed by atoms with Crippen LogP contribution >= 0.6 is 11.3 Å². The first kappa shape index (κ1) is 9.59. The number of hydrogen-bond donors (Lipinski definition) is 0. The lowest BCUT2D eigenvalue weighted by Gasteiger charge is -2.12. The van der Waals surface area contributed by atoms with Gasteiger partial charge in [0, 0.05) is 5.38 Å². The number of carbonyl (C=O) groups is 1. The second-order valence-corrected chi connectivity index (χ2v) is 4.32. The van der Waals surface area contributed by atoms with Crippen molar-refractivity contribution < 1.29 is 4.79 Å². The molecule has 0 unspecified atom stereocenters. The van der Waals surface area contributed by atoms with E-state index in [1.54, 1.807) is 11.6 Å². The Balaban J connectivity index is 2.05. The normalized spacial score (nSPS) is 16.7. The zero-order valence-electron chi connectivity index (χ0n) is 8.03. The van der Waals surface area contributed by atoms with Crippen molar-refractivity contribution in [2.75, 3.05) is 0 Å². The topological polar surface area (TPSA) is 30.0 Å². The maximum atomic E-state index is 11.6. The van der Waals surface area contributed by atoms with Gasteiger partial charge in [-0.1, -0.05) is 12.0 Å². The molecule has 0 saturated heterocycles. The summed E-state index contributed by atoms with van der Waals surface area (Å²) in [4.78, 5) is 15.6. The standard InChI is InChI=1S/C11H13NOS/c13-11(10-7-14-8-12-10)6-9-4-2-1-3-5-9/h6-8H,1-5H2.